The van der Waals surface area contributed by atoms with Gasteiger partial charge in [-0.2, -0.15) is 0 Å². The molecule has 196 valence electrons. The molecular weight excluding hydrogens is 494 g/mol. The van der Waals surface area contributed by atoms with Crippen molar-refractivity contribution in [2.24, 2.45) is 0 Å². The summed E-state index contributed by atoms with van der Waals surface area (Å²) < 4.78 is 2.45. The number of rotatable bonds is 4. The number of fused-ring (bicyclic) bond motifs is 6. The van der Waals surface area contributed by atoms with Crippen LogP contribution in [-0.4, -0.2) is 4.57 Å². The third-order valence-corrected chi connectivity index (χ3v) is 9.02. The Kier molecular flexibility index (Phi) is 5.30. The molecule has 1 aliphatic carbocycles. The molecule has 0 N–H and O–H groups in total. The van der Waals surface area contributed by atoms with Gasteiger partial charge >= 0.3 is 0 Å². The second-order valence-electron chi connectivity index (χ2n) is 11.8. The molecule has 8 rings (SSSR count). The van der Waals surface area contributed by atoms with Gasteiger partial charge < -0.3 is 4.57 Å². The lowest BCUT2D eigenvalue weighted by Gasteiger charge is -2.21. The Hall–Kier alpha value is -4.88. The van der Waals surface area contributed by atoms with Crippen LogP contribution in [0.4, 0.5) is 0 Å². The monoisotopic (exact) mass is 525 g/mol. The first-order chi connectivity index (χ1) is 20.1. The third kappa shape index (κ3) is 3.77. The zero-order chi connectivity index (χ0) is 27.6. The molecule has 0 bridgehead atoms. The molecular formula is C40H31N. The molecule has 0 aliphatic heterocycles. The fourth-order valence-corrected chi connectivity index (χ4v) is 6.91. The summed E-state index contributed by atoms with van der Waals surface area (Å²) in [5, 5.41) is 2.63. The van der Waals surface area contributed by atoms with E-state index < -0.39 is 0 Å². The Morgan fingerprint density at radius 2 is 1.12 bits per heavy atom. The van der Waals surface area contributed by atoms with Gasteiger partial charge in [-0.05, 0) is 87.3 Å². The summed E-state index contributed by atoms with van der Waals surface area (Å²) >= 11 is 0. The summed E-state index contributed by atoms with van der Waals surface area (Å²) in [6, 6.07) is 51.3. The lowest BCUT2D eigenvalue weighted by molar-refractivity contribution is 0.661. The molecule has 0 spiro atoms. The van der Waals surface area contributed by atoms with Crippen molar-refractivity contribution in [2.75, 3.05) is 0 Å². The van der Waals surface area contributed by atoms with Gasteiger partial charge in [-0.3, -0.25) is 0 Å². The molecule has 0 atom stereocenters. The molecule has 0 unspecified atom stereocenters. The third-order valence-electron chi connectivity index (χ3n) is 9.02. The maximum Gasteiger partial charge on any atom is 0.0544 e. The Morgan fingerprint density at radius 3 is 1.90 bits per heavy atom. The summed E-state index contributed by atoms with van der Waals surface area (Å²) in [6.07, 6.45) is 0.907. The Balaban J connectivity index is 1.29. The van der Waals surface area contributed by atoms with E-state index in [1.807, 2.05) is 0 Å². The van der Waals surface area contributed by atoms with E-state index in [1.54, 1.807) is 0 Å². The maximum absolute atomic E-state index is 2.46. The van der Waals surface area contributed by atoms with Crippen LogP contribution in [-0.2, 0) is 11.8 Å². The predicted molar refractivity (Wildman–Crippen MR) is 173 cm³/mol. The van der Waals surface area contributed by atoms with Crippen LogP contribution in [0.3, 0.4) is 0 Å². The van der Waals surface area contributed by atoms with Crippen molar-refractivity contribution in [1.82, 2.24) is 4.57 Å². The number of hydrogen-bond donors (Lipinski definition) is 0. The van der Waals surface area contributed by atoms with Crippen molar-refractivity contribution in [3.05, 3.63) is 162 Å². The van der Waals surface area contributed by atoms with Crippen molar-refractivity contribution in [2.45, 2.75) is 25.7 Å². The second kappa shape index (κ2) is 9.08. The number of aromatic nitrogens is 1. The zero-order valence-corrected chi connectivity index (χ0v) is 23.4. The van der Waals surface area contributed by atoms with Gasteiger partial charge in [0.15, 0.2) is 0 Å². The van der Waals surface area contributed by atoms with Crippen molar-refractivity contribution in [3.63, 3.8) is 0 Å². The lowest BCUT2D eigenvalue weighted by atomic mass is 9.82. The van der Waals surface area contributed by atoms with E-state index in [4.69, 9.17) is 0 Å². The van der Waals surface area contributed by atoms with Crippen LogP contribution in [0, 0.1) is 0 Å². The van der Waals surface area contributed by atoms with Gasteiger partial charge in [0.25, 0.3) is 0 Å². The maximum atomic E-state index is 2.46. The van der Waals surface area contributed by atoms with Gasteiger partial charge in [-0.25, -0.2) is 0 Å². The molecule has 6 aromatic carbocycles. The average Bonchev–Trinajstić information content (AvgIpc) is 3.45. The average molecular weight is 526 g/mol. The highest BCUT2D eigenvalue weighted by atomic mass is 15.0. The van der Waals surface area contributed by atoms with Crippen LogP contribution in [0.2, 0.25) is 0 Å². The largest absolute Gasteiger partial charge is 0.309 e. The molecule has 0 saturated heterocycles. The minimum atomic E-state index is -0.0326. The van der Waals surface area contributed by atoms with Gasteiger partial charge in [0.05, 0.1) is 11.0 Å². The normalized spacial score (nSPS) is 13.4. The molecule has 0 saturated carbocycles. The fourth-order valence-electron chi connectivity index (χ4n) is 6.91. The molecule has 1 aliphatic rings. The number of para-hydroxylation sites is 1. The molecule has 0 radical (unpaired) electrons. The van der Waals surface area contributed by atoms with Crippen LogP contribution in [0.25, 0.3) is 49.7 Å². The van der Waals surface area contributed by atoms with E-state index in [2.05, 4.69) is 158 Å². The van der Waals surface area contributed by atoms with Crippen LogP contribution in [0.5, 0.6) is 0 Å². The summed E-state index contributed by atoms with van der Waals surface area (Å²) in [6.45, 7) is 4.72. The first-order valence-electron chi connectivity index (χ1n) is 14.5. The van der Waals surface area contributed by atoms with Crippen LogP contribution in [0.1, 0.15) is 36.1 Å². The van der Waals surface area contributed by atoms with Crippen LogP contribution < -0.4 is 0 Å². The van der Waals surface area contributed by atoms with Crippen molar-refractivity contribution in [3.8, 4) is 27.9 Å². The SMILES string of the molecule is CC1(C)c2ccccc2-c2cc3c4cc(Cc5ccc(-c6ccccc6)cc5)ccc4n(-c4ccccc4)c3cc21. The highest BCUT2D eigenvalue weighted by Gasteiger charge is 2.36. The molecule has 41 heavy (non-hydrogen) atoms. The first kappa shape index (κ1) is 24.0. The second-order valence-corrected chi connectivity index (χ2v) is 11.8. The Labute approximate surface area is 241 Å². The van der Waals surface area contributed by atoms with Crippen molar-refractivity contribution >= 4 is 21.8 Å². The molecule has 7 aromatic rings. The van der Waals surface area contributed by atoms with Crippen LogP contribution in [0.15, 0.2) is 140 Å². The minimum absolute atomic E-state index is 0.0326. The molecule has 0 amide bonds. The molecule has 1 aromatic heterocycles. The van der Waals surface area contributed by atoms with Gasteiger partial charge in [-0.1, -0.05) is 117 Å². The van der Waals surface area contributed by atoms with Gasteiger partial charge in [0, 0.05) is 21.9 Å². The quantitative estimate of drug-likeness (QED) is 0.215. The number of hydrogen-bond acceptors (Lipinski definition) is 0. The highest BCUT2D eigenvalue weighted by molar-refractivity contribution is 6.12. The standard InChI is InChI=1S/C40H31N/c1-40(2)36-16-10-9-15-32(36)33-25-35-34-24-28(23-27-17-20-30(21-18-27)29-11-5-3-6-12-29)19-22-38(34)41(39(35)26-37(33)40)31-13-7-4-8-14-31/h3-22,24-26H,23H2,1-2H3. The lowest BCUT2D eigenvalue weighted by Crippen LogP contribution is -2.14. The van der Waals surface area contributed by atoms with Gasteiger partial charge in [0.1, 0.15) is 0 Å². The molecule has 1 heterocycles. The van der Waals surface area contributed by atoms with Crippen molar-refractivity contribution in [1.29, 1.82) is 0 Å². The van der Waals surface area contributed by atoms with E-state index >= 15 is 0 Å². The summed E-state index contributed by atoms with van der Waals surface area (Å²) in [7, 11) is 0. The van der Waals surface area contributed by atoms with Crippen LogP contribution >= 0.6 is 0 Å². The topological polar surface area (TPSA) is 4.93 Å². The number of benzene rings is 6. The summed E-state index contributed by atoms with van der Waals surface area (Å²) in [5.41, 5.74) is 14.4. The van der Waals surface area contributed by atoms with E-state index in [9.17, 15) is 0 Å². The van der Waals surface area contributed by atoms with E-state index in [1.165, 1.54) is 72.0 Å². The molecule has 0 fully saturated rings. The van der Waals surface area contributed by atoms with E-state index in [0.717, 1.165) is 6.42 Å². The Morgan fingerprint density at radius 1 is 0.488 bits per heavy atom. The number of nitrogens with zero attached hydrogens (tertiary/aromatic N) is 1. The molecule has 1 heteroatoms. The summed E-state index contributed by atoms with van der Waals surface area (Å²) in [4.78, 5) is 0. The highest BCUT2D eigenvalue weighted by Crippen LogP contribution is 2.51. The van der Waals surface area contributed by atoms with E-state index in [0.29, 0.717) is 0 Å². The minimum Gasteiger partial charge on any atom is -0.309 e. The van der Waals surface area contributed by atoms with Gasteiger partial charge in [0.2, 0.25) is 0 Å². The smallest absolute Gasteiger partial charge is 0.0544 e. The summed E-state index contributed by atoms with van der Waals surface area (Å²) in [5.74, 6) is 0. The Bertz CT molecular complexity index is 2060. The van der Waals surface area contributed by atoms with E-state index in [-0.39, 0.29) is 5.41 Å². The van der Waals surface area contributed by atoms with Crippen molar-refractivity contribution < 1.29 is 0 Å². The first-order valence-corrected chi connectivity index (χ1v) is 14.5. The van der Waals surface area contributed by atoms with Gasteiger partial charge in [-0.15, -0.1) is 0 Å². The fraction of sp³-hybridized carbons (Fsp3) is 0.100. The predicted octanol–water partition coefficient (Wildman–Crippen LogP) is 10.3. The zero-order valence-electron chi connectivity index (χ0n) is 23.4. The molecule has 1 nitrogen and oxygen atoms in total.